The lowest BCUT2D eigenvalue weighted by molar-refractivity contribution is 0.0678. The molecule has 4 nitrogen and oxygen atoms in total. The van der Waals surface area contributed by atoms with Crippen molar-refractivity contribution in [2.45, 2.75) is 77.6 Å². The molecule has 1 aliphatic rings. The first-order valence-corrected chi connectivity index (χ1v) is 13.3. The molecule has 0 aliphatic heterocycles. The largest absolute Gasteiger partial charge is 0.419 e. The first-order chi connectivity index (χ1) is 17.6. The Balaban J connectivity index is 1.87. The van der Waals surface area contributed by atoms with Crippen LogP contribution in [-0.4, -0.2) is 11.9 Å². The van der Waals surface area contributed by atoms with Crippen molar-refractivity contribution in [3.8, 4) is 11.5 Å². The number of benzene rings is 3. The summed E-state index contributed by atoms with van der Waals surface area (Å²) < 4.78 is 12.3. The summed E-state index contributed by atoms with van der Waals surface area (Å²) in [6.07, 6.45) is 9.08. The number of esters is 2. The molecule has 1 aliphatic carbocycles. The van der Waals surface area contributed by atoms with Crippen LogP contribution in [0.1, 0.15) is 102 Å². The topological polar surface area (TPSA) is 52.6 Å². The van der Waals surface area contributed by atoms with Crippen LogP contribution in [0.2, 0.25) is 0 Å². The van der Waals surface area contributed by atoms with Crippen LogP contribution in [0, 0.1) is 0 Å². The number of ether oxygens (including phenoxy) is 2. The van der Waals surface area contributed by atoms with Gasteiger partial charge in [0.2, 0.25) is 0 Å². The van der Waals surface area contributed by atoms with Gasteiger partial charge < -0.3 is 9.47 Å². The highest BCUT2D eigenvalue weighted by Crippen LogP contribution is 2.48. The zero-order valence-corrected chi connectivity index (χ0v) is 21.4. The Morgan fingerprint density at radius 2 is 1.28 bits per heavy atom. The van der Waals surface area contributed by atoms with Crippen LogP contribution in [0.4, 0.5) is 0 Å². The van der Waals surface area contributed by atoms with Crippen LogP contribution in [0.3, 0.4) is 0 Å². The Morgan fingerprint density at radius 3 is 1.81 bits per heavy atom. The molecule has 0 aromatic heterocycles. The van der Waals surface area contributed by atoms with Crippen molar-refractivity contribution in [1.82, 2.24) is 0 Å². The molecular weight excluding hydrogens is 448 g/mol. The van der Waals surface area contributed by atoms with Crippen LogP contribution in [-0.2, 0) is 12.8 Å². The Bertz CT molecular complexity index is 1160. The number of carbonyl (C=O) groups excluding carboxylic acids is 2. The lowest BCUT2D eigenvalue weighted by Crippen LogP contribution is -2.17. The van der Waals surface area contributed by atoms with E-state index in [2.05, 4.69) is 19.9 Å². The van der Waals surface area contributed by atoms with Gasteiger partial charge in [0.25, 0.3) is 0 Å². The molecule has 1 fully saturated rings. The number of carbonyl (C=O) groups is 2. The molecule has 3 aromatic carbocycles. The predicted octanol–water partition coefficient (Wildman–Crippen LogP) is 8.08. The van der Waals surface area contributed by atoms with Crippen LogP contribution in [0.5, 0.6) is 11.5 Å². The molecule has 0 N–H and O–H groups in total. The minimum Gasteiger partial charge on any atom is -0.419 e. The predicted molar refractivity (Wildman–Crippen MR) is 143 cm³/mol. The van der Waals surface area contributed by atoms with Gasteiger partial charge >= 0.3 is 11.9 Å². The summed E-state index contributed by atoms with van der Waals surface area (Å²) in [6.45, 7) is 4.30. The Hall–Kier alpha value is -3.40. The van der Waals surface area contributed by atoms with Gasteiger partial charge in [0, 0.05) is 5.56 Å². The van der Waals surface area contributed by atoms with Crippen LogP contribution in [0.25, 0.3) is 0 Å². The van der Waals surface area contributed by atoms with Gasteiger partial charge in [0.1, 0.15) is 0 Å². The zero-order chi connectivity index (χ0) is 25.3. The molecule has 0 bridgehead atoms. The highest BCUT2D eigenvalue weighted by molar-refractivity contribution is 5.93. The van der Waals surface area contributed by atoms with Gasteiger partial charge in [-0.2, -0.15) is 0 Å². The second-order valence-electron chi connectivity index (χ2n) is 9.61. The van der Waals surface area contributed by atoms with Gasteiger partial charge in [-0.25, -0.2) is 9.59 Å². The van der Waals surface area contributed by atoms with E-state index in [0.29, 0.717) is 28.5 Å². The summed E-state index contributed by atoms with van der Waals surface area (Å²) >= 11 is 0. The first-order valence-electron chi connectivity index (χ1n) is 13.3. The molecule has 1 saturated carbocycles. The highest BCUT2D eigenvalue weighted by Gasteiger charge is 2.31. The number of hydrogen-bond acceptors (Lipinski definition) is 4. The van der Waals surface area contributed by atoms with Crippen molar-refractivity contribution in [2.75, 3.05) is 0 Å². The van der Waals surface area contributed by atoms with Crippen molar-refractivity contribution in [3.63, 3.8) is 0 Å². The number of hydrogen-bond donors (Lipinski definition) is 0. The Morgan fingerprint density at radius 1 is 0.722 bits per heavy atom. The van der Waals surface area contributed by atoms with E-state index in [4.69, 9.17) is 9.47 Å². The molecule has 0 amide bonds. The summed E-state index contributed by atoms with van der Waals surface area (Å²) in [5, 5.41) is 0. The molecule has 4 heteroatoms. The fraction of sp³-hybridized carbons (Fsp3) is 0.375. The third-order valence-corrected chi connectivity index (χ3v) is 6.93. The Kier molecular flexibility index (Phi) is 8.94. The molecular formula is C32H36O4. The maximum absolute atomic E-state index is 13.3. The quantitative estimate of drug-likeness (QED) is 0.216. The minimum absolute atomic E-state index is 0.292. The molecule has 0 radical (unpaired) electrons. The fourth-order valence-corrected chi connectivity index (χ4v) is 5.12. The van der Waals surface area contributed by atoms with Gasteiger partial charge in [0.05, 0.1) is 11.1 Å². The molecule has 0 atom stereocenters. The summed E-state index contributed by atoms with van der Waals surface area (Å²) in [5.41, 5.74) is 4.15. The van der Waals surface area contributed by atoms with Crippen molar-refractivity contribution in [3.05, 3.63) is 94.5 Å². The third-order valence-electron chi connectivity index (χ3n) is 6.93. The third kappa shape index (κ3) is 6.04. The standard InChI is InChI=1S/C32H36O4/c1-3-5-15-26-22-27(14-4-2)29(35-31(33)24-18-8-6-9-19-24)30(28(26)23-16-12-13-17-23)36-32(34)25-20-10-7-11-21-25/h6-11,18-23H,3-5,12-17H2,1-2H3. The van der Waals surface area contributed by atoms with Gasteiger partial charge in [-0.1, -0.05) is 82.0 Å². The van der Waals surface area contributed by atoms with Crippen LogP contribution >= 0.6 is 0 Å². The van der Waals surface area contributed by atoms with Crippen LogP contribution < -0.4 is 9.47 Å². The van der Waals surface area contributed by atoms with Gasteiger partial charge in [-0.3, -0.25) is 0 Å². The van der Waals surface area contributed by atoms with E-state index in [1.165, 1.54) is 5.56 Å². The molecule has 36 heavy (non-hydrogen) atoms. The van der Waals surface area contributed by atoms with Crippen molar-refractivity contribution < 1.29 is 19.1 Å². The second kappa shape index (κ2) is 12.5. The van der Waals surface area contributed by atoms with Gasteiger partial charge in [0.15, 0.2) is 11.5 Å². The van der Waals surface area contributed by atoms with E-state index in [1.807, 2.05) is 36.4 Å². The van der Waals surface area contributed by atoms with E-state index in [0.717, 1.165) is 68.9 Å². The van der Waals surface area contributed by atoms with E-state index < -0.39 is 11.9 Å². The van der Waals surface area contributed by atoms with Crippen LogP contribution in [0.15, 0.2) is 66.7 Å². The molecule has 0 unspecified atom stereocenters. The number of aryl methyl sites for hydroxylation is 2. The van der Waals surface area contributed by atoms with Crippen molar-refractivity contribution >= 4 is 11.9 Å². The lowest BCUT2D eigenvalue weighted by atomic mass is 9.87. The van der Waals surface area contributed by atoms with Crippen molar-refractivity contribution in [1.29, 1.82) is 0 Å². The maximum atomic E-state index is 13.3. The van der Waals surface area contributed by atoms with Gasteiger partial charge in [-0.15, -0.1) is 0 Å². The highest BCUT2D eigenvalue weighted by atomic mass is 16.6. The second-order valence-corrected chi connectivity index (χ2v) is 9.61. The molecule has 0 spiro atoms. The van der Waals surface area contributed by atoms with E-state index >= 15 is 0 Å². The summed E-state index contributed by atoms with van der Waals surface area (Å²) in [6, 6.07) is 20.2. The van der Waals surface area contributed by atoms with Crippen molar-refractivity contribution in [2.24, 2.45) is 0 Å². The smallest absolute Gasteiger partial charge is 0.343 e. The summed E-state index contributed by atoms with van der Waals surface area (Å²) in [5.74, 6) is 0.264. The van der Waals surface area contributed by atoms with E-state index in [-0.39, 0.29) is 0 Å². The van der Waals surface area contributed by atoms with E-state index in [1.54, 1.807) is 24.3 Å². The minimum atomic E-state index is -0.441. The molecule has 3 aromatic rings. The first kappa shape index (κ1) is 25.7. The molecule has 0 saturated heterocycles. The van der Waals surface area contributed by atoms with E-state index in [9.17, 15) is 9.59 Å². The summed E-state index contributed by atoms with van der Waals surface area (Å²) in [4.78, 5) is 26.5. The average molecular weight is 485 g/mol. The Labute approximate surface area is 214 Å². The zero-order valence-electron chi connectivity index (χ0n) is 21.4. The SMILES string of the molecule is CCCCc1cc(CCC)c(OC(=O)c2ccccc2)c(OC(=O)c2ccccc2)c1C1CCCC1. The molecule has 4 rings (SSSR count). The molecule has 188 valence electrons. The normalized spacial score (nSPS) is 13.5. The summed E-state index contributed by atoms with van der Waals surface area (Å²) in [7, 11) is 0. The fourth-order valence-electron chi connectivity index (χ4n) is 5.12. The maximum Gasteiger partial charge on any atom is 0.343 e. The monoisotopic (exact) mass is 484 g/mol. The molecule has 0 heterocycles. The average Bonchev–Trinajstić information content (AvgIpc) is 3.44. The lowest BCUT2D eigenvalue weighted by Gasteiger charge is -2.24. The number of rotatable bonds is 10. The van der Waals surface area contributed by atoms with Gasteiger partial charge in [-0.05, 0) is 73.4 Å². The number of unbranched alkanes of at least 4 members (excludes halogenated alkanes) is 1.